The number of hydrogen-bond donors (Lipinski definition) is 2. The van der Waals surface area contributed by atoms with Crippen molar-refractivity contribution in [3.05, 3.63) is 95.6 Å². The molecule has 1 aliphatic heterocycles. The molecule has 0 unspecified atom stereocenters. The summed E-state index contributed by atoms with van der Waals surface area (Å²) < 4.78 is 0. The van der Waals surface area contributed by atoms with Crippen LogP contribution in [-0.2, 0) is 9.59 Å². The molecule has 0 aliphatic carbocycles. The van der Waals surface area contributed by atoms with Gasteiger partial charge in [-0.25, -0.2) is 0 Å². The van der Waals surface area contributed by atoms with Gasteiger partial charge in [0.25, 0.3) is 0 Å². The second-order valence-corrected chi connectivity index (χ2v) is 7.18. The van der Waals surface area contributed by atoms with Crippen LogP contribution in [0.1, 0.15) is 22.7 Å². The van der Waals surface area contributed by atoms with E-state index >= 15 is 0 Å². The molecule has 146 valence electrons. The maximum Gasteiger partial charge on any atom is 0.244 e. The number of nitrogens with zero attached hydrogens (tertiary/aromatic N) is 1. The van der Waals surface area contributed by atoms with Crippen molar-refractivity contribution in [2.45, 2.75) is 13.0 Å². The Hall–Kier alpha value is -3.44. The van der Waals surface area contributed by atoms with Crippen molar-refractivity contribution in [3.63, 3.8) is 0 Å². The molecule has 0 bridgehead atoms. The topological polar surface area (TPSA) is 61.4 Å². The fourth-order valence-electron chi connectivity index (χ4n) is 3.57. The molecule has 3 aromatic rings. The van der Waals surface area contributed by atoms with Gasteiger partial charge in [0.05, 0.1) is 24.0 Å². The van der Waals surface area contributed by atoms with E-state index in [2.05, 4.69) is 41.8 Å². The van der Waals surface area contributed by atoms with Crippen molar-refractivity contribution in [1.82, 2.24) is 5.32 Å². The molecular formula is C24H23N3O2. The van der Waals surface area contributed by atoms with Crippen LogP contribution in [0.3, 0.4) is 0 Å². The van der Waals surface area contributed by atoms with E-state index in [1.807, 2.05) is 48.5 Å². The smallest absolute Gasteiger partial charge is 0.244 e. The lowest BCUT2D eigenvalue weighted by molar-refractivity contribution is -0.121. The largest absolute Gasteiger partial charge is 0.323 e. The standard InChI is InChI=1S/C24H23N3O2/c1-17-11-13-19(14-12-17)24(18-7-3-2-4-8-18)25-15-23(29)27-16-22(28)26-20-9-5-6-10-21(20)27/h2-14,24-25H,15-16H2,1H3,(H,26,28)/t24-/m1/s1. The molecular weight excluding hydrogens is 362 g/mol. The summed E-state index contributed by atoms with van der Waals surface area (Å²) in [7, 11) is 0. The van der Waals surface area contributed by atoms with Crippen molar-refractivity contribution in [3.8, 4) is 0 Å². The molecule has 1 aliphatic rings. The predicted molar refractivity (Wildman–Crippen MR) is 115 cm³/mol. The van der Waals surface area contributed by atoms with E-state index in [4.69, 9.17) is 0 Å². The van der Waals surface area contributed by atoms with Gasteiger partial charge in [-0.3, -0.25) is 19.8 Å². The van der Waals surface area contributed by atoms with E-state index in [1.54, 1.807) is 11.0 Å². The zero-order valence-corrected chi connectivity index (χ0v) is 16.3. The summed E-state index contributed by atoms with van der Waals surface area (Å²) in [6, 6.07) is 25.6. The second kappa shape index (κ2) is 8.29. The molecule has 4 rings (SSSR count). The van der Waals surface area contributed by atoms with Gasteiger partial charge in [0.15, 0.2) is 0 Å². The van der Waals surface area contributed by atoms with Crippen molar-refractivity contribution in [2.24, 2.45) is 0 Å². The molecule has 0 spiro atoms. The van der Waals surface area contributed by atoms with Crippen molar-refractivity contribution in [1.29, 1.82) is 0 Å². The van der Waals surface area contributed by atoms with Crippen LogP contribution in [0.15, 0.2) is 78.9 Å². The van der Waals surface area contributed by atoms with E-state index in [-0.39, 0.29) is 30.9 Å². The van der Waals surface area contributed by atoms with Crippen LogP contribution in [-0.4, -0.2) is 24.9 Å². The minimum absolute atomic E-state index is 0.0259. The maximum absolute atomic E-state index is 13.0. The molecule has 2 N–H and O–H groups in total. The highest BCUT2D eigenvalue weighted by molar-refractivity contribution is 6.10. The van der Waals surface area contributed by atoms with Gasteiger partial charge in [-0.2, -0.15) is 0 Å². The third kappa shape index (κ3) is 4.20. The lowest BCUT2D eigenvalue weighted by Gasteiger charge is -2.30. The number of benzene rings is 3. The SMILES string of the molecule is Cc1ccc([C@H](NCC(=O)N2CC(=O)Nc3ccccc32)c2ccccc2)cc1. The van der Waals surface area contributed by atoms with Crippen molar-refractivity contribution < 1.29 is 9.59 Å². The van der Waals surface area contributed by atoms with Gasteiger partial charge >= 0.3 is 0 Å². The maximum atomic E-state index is 13.0. The van der Waals surface area contributed by atoms with E-state index in [0.29, 0.717) is 5.69 Å². The van der Waals surface area contributed by atoms with Gasteiger partial charge in [0, 0.05) is 0 Å². The highest BCUT2D eigenvalue weighted by atomic mass is 16.2. The first kappa shape index (κ1) is 18.9. The third-order valence-corrected chi connectivity index (χ3v) is 5.07. The first-order chi connectivity index (χ1) is 14.1. The molecule has 29 heavy (non-hydrogen) atoms. The Morgan fingerprint density at radius 3 is 2.38 bits per heavy atom. The zero-order chi connectivity index (χ0) is 20.2. The minimum atomic E-state index is -0.185. The molecule has 5 heteroatoms. The van der Waals surface area contributed by atoms with Crippen LogP contribution in [0, 0.1) is 6.92 Å². The number of para-hydroxylation sites is 2. The first-order valence-electron chi connectivity index (χ1n) is 9.66. The van der Waals surface area contributed by atoms with Crippen molar-refractivity contribution >= 4 is 23.2 Å². The first-order valence-corrected chi connectivity index (χ1v) is 9.66. The minimum Gasteiger partial charge on any atom is -0.323 e. The molecule has 0 aromatic heterocycles. The predicted octanol–water partition coefficient (Wildman–Crippen LogP) is 3.66. The van der Waals surface area contributed by atoms with Crippen LogP contribution in [0.2, 0.25) is 0 Å². The lowest BCUT2D eigenvalue weighted by Crippen LogP contribution is -2.46. The number of aryl methyl sites for hydroxylation is 1. The zero-order valence-electron chi connectivity index (χ0n) is 16.3. The Morgan fingerprint density at radius 1 is 0.966 bits per heavy atom. The van der Waals surface area contributed by atoms with E-state index in [9.17, 15) is 9.59 Å². The number of anilines is 2. The van der Waals surface area contributed by atoms with Crippen LogP contribution in [0.5, 0.6) is 0 Å². The molecule has 0 saturated carbocycles. The summed E-state index contributed by atoms with van der Waals surface area (Å²) in [5.41, 5.74) is 4.75. The molecule has 0 fully saturated rings. The average molecular weight is 385 g/mol. The van der Waals surface area contributed by atoms with Gasteiger partial charge < -0.3 is 5.32 Å². The molecule has 1 atom stereocenters. The summed E-state index contributed by atoms with van der Waals surface area (Å²) >= 11 is 0. The Morgan fingerprint density at radius 2 is 1.62 bits per heavy atom. The Kier molecular flexibility index (Phi) is 5.40. The number of hydrogen-bond acceptors (Lipinski definition) is 3. The average Bonchev–Trinajstić information content (AvgIpc) is 2.75. The normalized spacial score (nSPS) is 14.1. The fraction of sp³-hybridized carbons (Fsp3) is 0.167. The van der Waals surface area contributed by atoms with Gasteiger partial charge in [-0.05, 0) is 30.2 Å². The van der Waals surface area contributed by atoms with Gasteiger partial charge in [0.2, 0.25) is 11.8 Å². The quantitative estimate of drug-likeness (QED) is 0.705. The summed E-state index contributed by atoms with van der Waals surface area (Å²) in [4.78, 5) is 26.6. The van der Waals surface area contributed by atoms with E-state index < -0.39 is 0 Å². The lowest BCUT2D eigenvalue weighted by atomic mass is 9.98. The van der Waals surface area contributed by atoms with Gasteiger partial charge in [-0.1, -0.05) is 72.3 Å². The summed E-state index contributed by atoms with van der Waals surface area (Å²) in [5.74, 6) is -0.324. The number of amides is 2. The Bertz CT molecular complexity index is 1020. The number of rotatable bonds is 5. The van der Waals surface area contributed by atoms with Crippen molar-refractivity contribution in [2.75, 3.05) is 23.3 Å². The number of nitrogens with one attached hydrogen (secondary N) is 2. The van der Waals surface area contributed by atoms with Crippen LogP contribution < -0.4 is 15.5 Å². The Balaban J connectivity index is 1.56. The van der Waals surface area contributed by atoms with Crippen LogP contribution in [0.4, 0.5) is 11.4 Å². The highest BCUT2D eigenvalue weighted by Gasteiger charge is 2.27. The Labute approximate surface area is 170 Å². The second-order valence-electron chi connectivity index (χ2n) is 7.18. The number of carbonyl (C=O) groups excluding carboxylic acids is 2. The summed E-state index contributed by atoms with van der Waals surface area (Å²) in [5, 5.41) is 6.20. The van der Waals surface area contributed by atoms with E-state index in [0.717, 1.165) is 16.8 Å². The molecule has 2 amide bonds. The number of carbonyl (C=O) groups is 2. The molecule has 1 heterocycles. The third-order valence-electron chi connectivity index (χ3n) is 5.07. The summed E-state index contributed by atoms with van der Waals surface area (Å²) in [6.45, 7) is 2.20. The molecule has 3 aromatic carbocycles. The fourth-order valence-corrected chi connectivity index (χ4v) is 3.57. The van der Waals surface area contributed by atoms with Crippen LogP contribution >= 0.6 is 0 Å². The molecule has 0 radical (unpaired) electrons. The number of fused-ring (bicyclic) bond motifs is 1. The molecule has 0 saturated heterocycles. The monoisotopic (exact) mass is 385 g/mol. The van der Waals surface area contributed by atoms with Gasteiger partial charge in [-0.15, -0.1) is 0 Å². The van der Waals surface area contributed by atoms with Gasteiger partial charge in [0.1, 0.15) is 6.54 Å². The van der Waals surface area contributed by atoms with Crippen LogP contribution in [0.25, 0.3) is 0 Å². The summed E-state index contributed by atoms with van der Waals surface area (Å²) in [6.07, 6.45) is 0. The van der Waals surface area contributed by atoms with E-state index in [1.165, 1.54) is 5.56 Å². The highest BCUT2D eigenvalue weighted by Crippen LogP contribution is 2.29. The molecule has 5 nitrogen and oxygen atoms in total.